The summed E-state index contributed by atoms with van der Waals surface area (Å²) in [5.74, 6) is -1.31. The second-order valence-corrected chi connectivity index (χ2v) is 6.97. The molecule has 1 aromatic rings. The summed E-state index contributed by atoms with van der Waals surface area (Å²) in [5.41, 5.74) is 4.22. The van der Waals surface area contributed by atoms with Crippen LogP contribution in [0.3, 0.4) is 0 Å². The zero-order valence-electron chi connectivity index (χ0n) is 16.2. The maximum atomic E-state index is 11.9. The van der Waals surface area contributed by atoms with Crippen LogP contribution in [0, 0.1) is 6.07 Å². The van der Waals surface area contributed by atoms with Crippen molar-refractivity contribution in [2.75, 3.05) is 7.11 Å². The first kappa shape index (κ1) is 20.1. The number of rotatable bonds is 8. The number of carboxylic acid groups (broad SMARTS) is 1. The van der Waals surface area contributed by atoms with E-state index in [1.54, 1.807) is 19.2 Å². The van der Waals surface area contributed by atoms with E-state index in [0.29, 0.717) is 11.8 Å². The van der Waals surface area contributed by atoms with Crippen molar-refractivity contribution in [2.24, 2.45) is 5.16 Å². The number of nitrogens with zero attached hydrogens (tertiary/aromatic N) is 1. The zero-order chi connectivity index (χ0) is 20.1. The van der Waals surface area contributed by atoms with E-state index in [4.69, 9.17) is 14.7 Å². The molecule has 1 saturated heterocycles. The number of aliphatic carboxylic acids is 1. The average molecular weight is 385 g/mol. The highest BCUT2D eigenvalue weighted by atomic mass is 16.6. The second kappa shape index (κ2) is 9.01. The highest BCUT2D eigenvalue weighted by Crippen LogP contribution is 2.39. The Morgan fingerprint density at radius 2 is 2.18 bits per heavy atom. The molecule has 2 aliphatic rings. The molecule has 0 spiro atoms. The van der Waals surface area contributed by atoms with Crippen molar-refractivity contribution in [3.63, 3.8) is 0 Å². The van der Waals surface area contributed by atoms with Gasteiger partial charge in [-0.3, -0.25) is 9.59 Å². The third-order valence-corrected chi connectivity index (χ3v) is 5.10. The Morgan fingerprint density at radius 1 is 1.36 bits per heavy atom. The van der Waals surface area contributed by atoms with Crippen molar-refractivity contribution in [1.29, 1.82) is 0 Å². The van der Waals surface area contributed by atoms with Crippen molar-refractivity contribution < 1.29 is 24.3 Å². The lowest BCUT2D eigenvalue weighted by Crippen LogP contribution is -2.38. The number of esters is 1. The SMILES string of the molecule is CCC(=NOC)C1=C(c2cc[c]c(OC(=O)CCC(=O)O)c2)CC2CC[C@H]1N2. The number of ether oxygens (including phenoxy) is 1. The molecular formula is C21H25N2O5. The van der Waals surface area contributed by atoms with Crippen LogP contribution in [0.2, 0.25) is 0 Å². The fraction of sp³-hybridized carbons (Fsp3) is 0.476. The lowest BCUT2D eigenvalue weighted by molar-refractivity contribution is -0.142. The van der Waals surface area contributed by atoms with Gasteiger partial charge in [-0.15, -0.1) is 0 Å². The molecular weight excluding hydrogens is 360 g/mol. The fourth-order valence-electron chi connectivity index (χ4n) is 3.91. The van der Waals surface area contributed by atoms with Gasteiger partial charge in [0.15, 0.2) is 0 Å². The van der Waals surface area contributed by atoms with Gasteiger partial charge in [-0.2, -0.15) is 0 Å². The third-order valence-electron chi connectivity index (χ3n) is 5.10. The summed E-state index contributed by atoms with van der Waals surface area (Å²) in [4.78, 5) is 27.5. The summed E-state index contributed by atoms with van der Waals surface area (Å²) in [5, 5.41) is 16.6. The third kappa shape index (κ3) is 4.59. The van der Waals surface area contributed by atoms with Crippen molar-refractivity contribution in [2.45, 2.75) is 57.5 Å². The summed E-state index contributed by atoms with van der Waals surface area (Å²) in [6.45, 7) is 2.05. The van der Waals surface area contributed by atoms with Gasteiger partial charge in [-0.05, 0) is 54.5 Å². The number of benzene rings is 1. The van der Waals surface area contributed by atoms with Gasteiger partial charge >= 0.3 is 11.9 Å². The number of hydrogen-bond donors (Lipinski definition) is 2. The Labute approximate surface area is 164 Å². The van der Waals surface area contributed by atoms with Crippen molar-refractivity contribution in [3.05, 3.63) is 35.4 Å². The molecule has 28 heavy (non-hydrogen) atoms. The van der Waals surface area contributed by atoms with Crippen LogP contribution in [0.1, 0.15) is 51.0 Å². The van der Waals surface area contributed by atoms with Crippen LogP contribution in [0.4, 0.5) is 0 Å². The molecule has 149 valence electrons. The van der Waals surface area contributed by atoms with Gasteiger partial charge in [-0.25, -0.2) is 0 Å². The standard InChI is InChI=1S/C21H25N2O5/c1-3-17(23-27-2)21-16(12-14-7-8-18(21)22-14)13-5-4-6-15(11-13)28-20(26)10-9-19(24)25/h4-5,11,14,18,22H,3,7-10,12H2,1-2H3,(H,24,25)/t14?,18-/m1/s1. The molecule has 7 heteroatoms. The van der Waals surface area contributed by atoms with Crippen LogP contribution in [0.5, 0.6) is 5.75 Å². The molecule has 0 aromatic heterocycles. The molecule has 0 amide bonds. The number of carboxylic acids is 1. The van der Waals surface area contributed by atoms with Gasteiger partial charge < -0.3 is 20.0 Å². The number of nitrogens with one attached hydrogen (secondary N) is 1. The van der Waals surface area contributed by atoms with Crippen molar-refractivity contribution in [3.8, 4) is 5.75 Å². The Morgan fingerprint density at radius 3 is 2.89 bits per heavy atom. The smallest absolute Gasteiger partial charge is 0.311 e. The monoisotopic (exact) mass is 385 g/mol. The Bertz CT molecular complexity index is 815. The Kier molecular flexibility index (Phi) is 6.46. The quantitative estimate of drug-likeness (QED) is 0.309. The molecule has 1 fully saturated rings. The second-order valence-electron chi connectivity index (χ2n) is 6.97. The molecule has 2 bridgehead atoms. The van der Waals surface area contributed by atoms with Crippen molar-refractivity contribution >= 4 is 23.2 Å². The van der Waals surface area contributed by atoms with Crippen LogP contribution in [-0.2, 0) is 14.4 Å². The van der Waals surface area contributed by atoms with Gasteiger partial charge in [-0.1, -0.05) is 18.1 Å². The highest BCUT2D eigenvalue weighted by Gasteiger charge is 2.36. The lowest BCUT2D eigenvalue weighted by Gasteiger charge is -2.29. The maximum Gasteiger partial charge on any atom is 0.311 e. The molecule has 2 N–H and O–H groups in total. The summed E-state index contributed by atoms with van der Waals surface area (Å²) in [6, 6.07) is 9.04. The van der Waals surface area contributed by atoms with E-state index in [1.165, 1.54) is 5.57 Å². The van der Waals surface area contributed by atoms with Crippen molar-refractivity contribution in [1.82, 2.24) is 5.32 Å². The molecule has 0 saturated carbocycles. The van der Waals surface area contributed by atoms with Crippen LogP contribution in [0.15, 0.2) is 28.9 Å². The maximum absolute atomic E-state index is 11.9. The molecule has 1 unspecified atom stereocenters. The summed E-state index contributed by atoms with van der Waals surface area (Å²) < 4.78 is 5.28. The number of fused-ring (bicyclic) bond motifs is 2. The number of carbonyl (C=O) groups excluding carboxylic acids is 1. The summed E-state index contributed by atoms with van der Waals surface area (Å²) in [7, 11) is 1.55. The minimum atomic E-state index is -1.03. The first-order chi connectivity index (χ1) is 13.5. The van der Waals surface area contributed by atoms with Gasteiger partial charge in [0.25, 0.3) is 0 Å². The molecule has 2 atom stereocenters. The minimum absolute atomic E-state index is 0.171. The number of carbonyl (C=O) groups is 2. The number of oxime groups is 1. The molecule has 0 aliphatic carbocycles. The first-order valence-electron chi connectivity index (χ1n) is 9.55. The van der Waals surface area contributed by atoms with Gasteiger partial charge in [0.05, 0.1) is 18.6 Å². The van der Waals surface area contributed by atoms with Gasteiger partial charge in [0.1, 0.15) is 12.9 Å². The topological polar surface area (TPSA) is 97.2 Å². The summed E-state index contributed by atoms with van der Waals surface area (Å²) in [6.07, 6.45) is 3.36. The normalized spacial score (nSPS) is 21.6. The lowest BCUT2D eigenvalue weighted by atomic mass is 9.86. The molecule has 2 heterocycles. The number of hydrogen-bond acceptors (Lipinski definition) is 6. The zero-order valence-corrected chi connectivity index (χ0v) is 16.2. The van der Waals surface area contributed by atoms with E-state index >= 15 is 0 Å². The Hall–Kier alpha value is -2.67. The predicted molar refractivity (Wildman–Crippen MR) is 104 cm³/mol. The summed E-state index contributed by atoms with van der Waals surface area (Å²) >= 11 is 0. The first-order valence-corrected chi connectivity index (χ1v) is 9.55. The average Bonchev–Trinajstić information content (AvgIpc) is 3.06. The fourth-order valence-corrected chi connectivity index (χ4v) is 3.91. The predicted octanol–water partition coefficient (Wildman–Crippen LogP) is 2.95. The molecule has 3 rings (SSSR count). The minimum Gasteiger partial charge on any atom is -0.481 e. The van der Waals surface area contributed by atoms with E-state index in [-0.39, 0.29) is 18.9 Å². The van der Waals surface area contributed by atoms with Crippen LogP contribution >= 0.6 is 0 Å². The van der Waals surface area contributed by atoms with E-state index in [9.17, 15) is 9.59 Å². The molecule has 7 nitrogen and oxygen atoms in total. The van der Waals surface area contributed by atoms with Gasteiger partial charge in [0.2, 0.25) is 0 Å². The molecule has 1 radical (unpaired) electrons. The Balaban J connectivity index is 1.90. The van der Waals surface area contributed by atoms with E-state index in [2.05, 4.69) is 23.5 Å². The molecule has 2 aliphatic heterocycles. The van der Waals surface area contributed by atoms with Crippen LogP contribution in [0.25, 0.3) is 5.57 Å². The van der Waals surface area contributed by atoms with Crippen LogP contribution in [-0.4, -0.2) is 42.0 Å². The molecule has 1 aromatic carbocycles. The van der Waals surface area contributed by atoms with Gasteiger partial charge in [0, 0.05) is 18.2 Å². The largest absolute Gasteiger partial charge is 0.481 e. The van der Waals surface area contributed by atoms with Crippen LogP contribution < -0.4 is 10.1 Å². The van der Waals surface area contributed by atoms with E-state index in [1.807, 2.05) is 6.07 Å². The highest BCUT2D eigenvalue weighted by molar-refractivity contribution is 6.07. The van der Waals surface area contributed by atoms with E-state index in [0.717, 1.165) is 42.5 Å². The van der Waals surface area contributed by atoms with E-state index < -0.39 is 11.9 Å².